The van der Waals surface area contributed by atoms with E-state index in [-0.39, 0.29) is 11.7 Å². The lowest BCUT2D eigenvalue weighted by atomic mass is 10.2. The number of rotatable bonds is 0. The zero-order chi connectivity index (χ0) is 9.42. The summed E-state index contributed by atoms with van der Waals surface area (Å²) in [6.07, 6.45) is 0.353. The second-order valence-corrected chi connectivity index (χ2v) is 2.41. The zero-order valence-electron chi connectivity index (χ0n) is 6.38. The average molecular weight is 182 g/mol. The molecule has 4 N–H and O–H groups in total. The molecule has 1 amide bonds. The molecule has 2 heterocycles. The van der Waals surface area contributed by atoms with E-state index in [9.17, 15) is 4.79 Å². The van der Waals surface area contributed by atoms with Crippen LogP contribution in [0.2, 0.25) is 0 Å². The summed E-state index contributed by atoms with van der Waals surface area (Å²) in [6.45, 7) is 0. The van der Waals surface area contributed by atoms with Crippen molar-refractivity contribution in [1.82, 2.24) is 14.8 Å². The SMILES string of the molecule is N[C@@H]1/C(=N\O)C(=O)Nc2ncnn21. The Balaban J connectivity index is 2.51. The summed E-state index contributed by atoms with van der Waals surface area (Å²) in [5.41, 5.74) is 5.35. The van der Waals surface area contributed by atoms with Crippen molar-refractivity contribution in [3.63, 3.8) is 0 Å². The predicted octanol–water partition coefficient (Wildman–Crippen LogP) is -1.48. The Hall–Kier alpha value is -1.96. The molecule has 1 aromatic rings. The molecule has 1 aliphatic rings. The number of fused-ring (bicyclic) bond motifs is 1. The summed E-state index contributed by atoms with van der Waals surface area (Å²) in [4.78, 5) is 14.9. The summed E-state index contributed by atoms with van der Waals surface area (Å²) in [5, 5.41) is 17.4. The van der Waals surface area contributed by atoms with E-state index >= 15 is 0 Å². The van der Waals surface area contributed by atoms with Crippen LogP contribution in [0.3, 0.4) is 0 Å². The van der Waals surface area contributed by atoms with Crippen molar-refractivity contribution in [2.75, 3.05) is 5.32 Å². The summed E-state index contributed by atoms with van der Waals surface area (Å²) < 4.78 is 1.25. The Labute approximate surface area is 72.0 Å². The molecule has 0 bridgehead atoms. The fraction of sp³-hybridized carbons (Fsp3) is 0.200. The van der Waals surface area contributed by atoms with Crippen molar-refractivity contribution < 1.29 is 10.0 Å². The van der Waals surface area contributed by atoms with Gasteiger partial charge in [0.1, 0.15) is 6.33 Å². The van der Waals surface area contributed by atoms with Gasteiger partial charge in [0.2, 0.25) is 5.95 Å². The van der Waals surface area contributed by atoms with E-state index in [2.05, 4.69) is 20.6 Å². The monoisotopic (exact) mass is 182 g/mol. The molecule has 0 saturated heterocycles. The molecule has 0 radical (unpaired) electrons. The number of oxime groups is 1. The molecule has 68 valence electrons. The maximum absolute atomic E-state index is 11.1. The van der Waals surface area contributed by atoms with E-state index in [1.54, 1.807) is 0 Å². The molecule has 13 heavy (non-hydrogen) atoms. The molecule has 1 atom stereocenters. The van der Waals surface area contributed by atoms with Crippen molar-refractivity contribution in [3.05, 3.63) is 6.33 Å². The lowest BCUT2D eigenvalue weighted by Crippen LogP contribution is -2.42. The quantitative estimate of drug-likeness (QED) is 0.334. The van der Waals surface area contributed by atoms with Gasteiger partial charge in [0.15, 0.2) is 11.9 Å². The third-order valence-corrected chi connectivity index (χ3v) is 1.68. The van der Waals surface area contributed by atoms with E-state index in [0.717, 1.165) is 0 Å². The van der Waals surface area contributed by atoms with Crippen molar-refractivity contribution in [2.24, 2.45) is 10.9 Å². The van der Waals surface area contributed by atoms with E-state index < -0.39 is 12.1 Å². The summed E-state index contributed by atoms with van der Waals surface area (Å²) >= 11 is 0. The zero-order valence-corrected chi connectivity index (χ0v) is 6.38. The first kappa shape index (κ1) is 7.68. The van der Waals surface area contributed by atoms with Crippen LogP contribution in [0.5, 0.6) is 0 Å². The molecule has 2 rings (SSSR count). The van der Waals surface area contributed by atoms with Crippen LogP contribution in [0.25, 0.3) is 0 Å². The Kier molecular flexibility index (Phi) is 1.49. The van der Waals surface area contributed by atoms with Gasteiger partial charge in [0.05, 0.1) is 0 Å². The Bertz CT molecular complexity index is 382. The van der Waals surface area contributed by atoms with Crippen LogP contribution in [0.15, 0.2) is 11.5 Å². The van der Waals surface area contributed by atoms with Crippen LogP contribution >= 0.6 is 0 Å². The first-order chi connectivity index (χ1) is 6.24. The normalized spacial score (nSPS) is 24.2. The fourth-order valence-electron chi connectivity index (χ4n) is 1.06. The summed E-state index contributed by atoms with van der Waals surface area (Å²) in [6, 6.07) is 0. The molecular weight excluding hydrogens is 176 g/mol. The van der Waals surface area contributed by atoms with Gasteiger partial charge in [-0.25, -0.2) is 4.68 Å². The van der Waals surface area contributed by atoms with E-state index in [1.165, 1.54) is 11.0 Å². The highest BCUT2D eigenvalue weighted by atomic mass is 16.4. The minimum absolute atomic E-state index is 0.196. The molecule has 0 aliphatic carbocycles. The molecule has 0 spiro atoms. The first-order valence-corrected chi connectivity index (χ1v) is 3.42. The number of amides is 1. The van der Waals surface area contributed by atoms with Gasteiger partial charge in [0.25, 0.3) is 5.91 Å². The van der Waals surface area contributed by atoms with Crippen LogP contribution in [-0.2, 0) is 4.79 Å². The minimum atomic E-state index is -0.892. The highest BCUT2D eigenvalue weighted by Crippen LogP contribution is 2.14. The number of nitrogens with one attached hydrogen (secondary N) is 1. The second kappa shape index (κ2) is 2.52. The number of aromatic nitrogens is 3. The lowest BCUT2D eigenvalue weighted by Gasteiger charge is -2.19. The Morgan fingerprint density at radius 1 is 1.77 bits per heavy atom. The summed E-state index contributed by atoms with van der Waals surface area (Å²) in [7, 11) is 0. The minimum Gasteiger partial charge on any atom is -0.410 e. The third-order valence-electron chi connectivity index (χ3n) is 1.68. The molecule has 0 fully saturated rings. The standard InChI is InChI=1S/C5H6N6O2/c6-3-2(10-13)4(12)9-5-7-1-8-11(3)5/h1,3,13H,6H2,(H,7,8,9,12)/b10-2+/t3-/m0/s1. The topological polar surface area (TPSA) is 118 Å². The van der Waals surface area contributed by atoms with E-state index in [4.69, 9.17) is 10.9 Å². The maximum Gasteiger partial charge on any atom is 0.279 e. The number of carbonyl (C=O) groups is 1. The third kappa shape index (κ3) is 0.957. The lowest BCUT2D eigenvalue weighted by molar-refractivity contribution is -0.111. The summed E-state index contributed by atoms with van der Waals surface area (Å²) in [5.74, 6) is -0.333. The average Bonchev–Trinajstić information content (AvgIpc) is 2.53. The predicted molar refractivity (Wildman–Crippen MR) is 41.1 cm³/mol. The van der Waals surface area contributed by atoms with E-state index in [1.807, 2.05) is 0 Å². The molecule has 8 heteroatoms. The van der Waals surface area contributed by atoms with Crippen LogP contribution in [0, 0.1) is 0 Å². The van der Waals surface area contributed by atoms with Crippen LogP contribution in [0.4, 0.5) is 5.95 Å². The van der Waals surface area contributed by atoms with E-state index in [0.29, 0.717) is 0 Å². The molecule has 0 aromatic carbocycles. The van der Waals surface area contributed by atoms with Gasteiger partial charge in [-0.2, -0.15) is 10.1 Å². The number of nitrogens with two attached hydrogens (primary N) is 1. The molecular formula is C5H6N6O2. The fourth-order valence-corrected chi connectivity index (χ4v) is 1.06. The maximum atomic E-state index is 11.1. The Morgan fingerprint density at radius 2 is 2.54 bits per heavy atom. The number of anilines is 1. The van der Waals surface area contributed by atoms with Gasteiger partial charge in [-0.3, -0.25) is 10.1 Å². The number of carbonyl (C=O) groups excluding carboxylic acids is 1. The molecule has 0 saturated carbocycles. The highest BCUT2D eigenvalue weighted by Gasteiger charge is 2.30. The largest absolute Gasteiger partial charge is 0.410 e. The van der Waals surface area contributed by atoms with Gasteiger partial charge in [-0.1, -0.05) is 5.16 Å². The number of nitrogens with zero attached hydrogens (tertiary/aromatic N) is 4. The van der Waals surface area contributed by atoms with Crippen molar-refractivity contribution >= 4 is 17.6 Å². The molecule has 0 unspecified atom stereocenters. The first-order valence-electron chi connectivity index (χ1n) is 3.42. The highest BCUT2D eigenvalue weighted by molar-refractivity contribution is 6.44. The van der Waals surface area contributed by atoms with Crippen molar-refractivity contribution in [2.45, 2.75) is 6.17 Å². The van der Waals surface area contributed by atoms with Crippen molar-refractivity contribution in [3.8, 4) is 0 Å². The van der Waals surface area contributed by atoms with Crippen LogP contribution in [-0.4, -0.2) is 31.6 Å². The van der Waals surface area contributed by atoms with Gasteiger partial charge >= 0.3 is 0 Å². The van der Waals surface area contributed by atoms with Gasteiger partial charge < -0.3 is 10.9 Å². The van der Waals surface area contributed by atoms with Gasteiger partial charge in [-0.15, -0.1) is 0 Å². The number of hydrogen-bond donors (Lipinski definition) is 3. The molecule has 8 nitrogen and oxygen atoms in total. The van der Waals surface area contributed by atoms with Gasteiger partial charge in [-0.05, 0) is 0 Å². The second-order valence-electron chi connectivity index (χ2n) is 2.41. The van der Waals surface area contributed by atoms with Crippen LogP contribution in [0.1, 0.15) is 6.17 Å². The Morgan fingerprint density at radius 3 is 3.23 bits per heavy atom. The smallest absolute Gasteiger partial charge is 0.279 e. The van der Waals surface area contributed by atoms with Crippen LogP contribution < -0.4 is 11.1 Å². The molecule has 1 aromatic heterocycles. The number of hydrogen-bond acceptors (Lipinski definition) is 6. The van der Waals surface area contributed by atoms with Gasteiger partial charge in [0, 0.05) is 0 Å². The molecule has 1 aliphatic heterocycles. The van der Waals surface area contributed by atoms with Crippen molar-refractivity contribution in [1.29, 1.82) is 0 Å².